The molecule has 0 spiro atoms. The van der Waals surface area contributed by atoms with Crippen LogP contribution in [0, 0.1) is 0 Å². The average molecular weight is 389 g/mol. The average Bonchev–Trinajstić information content (AvgIpc) is 3.10. The highest BCUT2D eigenvalue weighted by atomic mass is 16.5. The molecular weight excluding hydrogens is 366 g/mol. The molecule has 29 heavy (non-hydrogen) atoms. The van der Waals surface area contributed by atoms with Crippen molar-refractivity contribution in [1.29, 1.82) is 0 Å². The highest BCUT2D eigenvalue weighted by Crippen LogP contribution is 2.44. The Morgan fingerprint density at radius 1 is 1.00 bits per heavy atom. The first kappa shape index (κ1) is 19.0. The van der Waals surface area contributed by atoms with Crippen LogP contribution in [0.25, 0.3) is 11.1 Å². The number of nitrogens with one attached hydrogen (secondary N) is 1. The Morgan fingerprint density at radius 2 is 1.66 bits per heavy atom. The molecule has 0 heterocycles. The maximum absolute atomic E-state index is 12.4. The van der Waals surface area contributed by atoms with Crippen LogP contribution >= 0.6 is 0 Å². The first-order valence-corrected chi connectivity index (χ1v) is 9.57. The Morgan fingerprint density at radius 3 is 2.28 bits per heavy atom. The lowest BCUT2D eigenvalue weighted by molar-refractivity contribution is 0.132. The summed E-state index contributed by atoms with van der Waals surface area (Å²) < 4.78 is 10.8. The van der Waals surface area contributed by atoms with Gasteiger partial charge in [0.1, 0.15) is 12.4 Å². The zero-order chi connectivity index (χ0) is 20.2. The van der Waals surface area contributed by atoms with Crippen molar-refractivity contribution in [2.75, 3.05) is 20.3 Å². The number of aliphatic hydroxyl groups excluding tert-OH is 1. The molecule has 5 nitrogen and oxygen atoms in total. The SMILES string of the molecule is COc1cccc(C(CO)NC(=O)OCC2c3ccccc3-c3ccccc32)c1. The third-order valence-electron chi connectivity index (χ3n) is 5.31. The van der Waals surface area contributed by atoms with Crippen LogP contribution in [0.3, 0.4) is 0 Å². The smallest absolute Gasteiger partial charge is 0.407 e. The van der Waals surface area contributed by atoms with Crippen LogP contribution in [0.1, 0.15) is 28.7 Å². The number of fused-ring (bicyclic) bond motifs is 3. The Bertz CT molecular complexity index is 972. The third-order valence-corrected chi connectivity index (χ3v) is 5.31. The molecule has 0 aliphatic heterocycles. The molecule has 0 saturated carbocycles. The number of benzene rings is 3. The number of amides is 1. The van der Waals surface area contributed by atoms with Crippen LogP contribution in [0.4, 0.5) is 4.79 Å². The van der Waals surface area contributed by atoms with Gasteiger partial charge in [0.25, 0.3) is 0 Å². The number of hydrogen-bond acceptors (Lipinski definition) is 4. The van der Waals surface area contributed by atoms with E-state index in [2.05, 4.69) is 29.6 Å². The molecule has 0 saturated heterocycles. The molecule has 0 aromatic heterocycles. The van der Waals surface area contributed by atoms with Crippen LogP contribution in [0.5, 0.6) is 5.75 Å². The van der Waals surface area contributed by atoms with Gasteiger partial charge in [0.15, 0.2) is 0 Å². The second-order valence-corrected chi connectivity index (χ2v) is 6.98. The summed E-state index contributed by atoms with van der Waals surface area (Å²) in [5, 5.41) is 12.5. The summed E-state index contributed by atoms with van der Waals surface area (Å²) in [4.78, 5) is 12.4. The molecule has 0 bridgehead atoms. The predicted octanol–water partition coefficient (Wildman–Crippen LogP) is 4.27. The summed E-state index contributed by atoms with van der Waals surface area (Å²) in [6, 6.07) is 23.1. The predicted molar refractivity (Wildman–Crippen MR) is 111 cm³/mol. The number of carbonyl (C=O) groups is 1. The minimum atomic E-state index is -0.569. The van der Waals surface area contributed by atoms with Crippen LogP contribution < -0.4 is 10.1 Å². The third kappa shape index (κ3) is 3.82. The minimum Gasteiger partial charge on any atom is -0.497 e. The fourth-order valence-electron chi connectivity index (χ4n) is 3.87. The maximum Gasteiger partial charge on any atom is 0.407 e. The van der Waals surface area contributed by atoms with Crippen molar-refractivity contribution in [1.82, 2.24) is 5.32 Å². The molecule has 4 rings (SSSR count). The normalized spacial score (nSPS) is 13.3. The van der Waals surface area contributed by atoms with Crippen LogP contribution in [0.15, 0.2) is 72.8 Å². The van der Waals surface area contributed by atoms with Crippen LogP contribution in [-0.2, 0) is 4.74 Å². The van der Waals surface area contributed by atoms with Gasteiger partial charge in [-0.05, 0) is 39.9 Å². The van der Waals surface area contributed by atoms with E-state index < -0.39 is 12.1 Å². The number of methoxy groups -OCH3 is 1. The second kappa shape index (κ2) is 8.37. The van der Waals surface area contributed by atoms with E-state index >= 15 is 0 Å². The molecule has 0 fully saturated rings. The second-order valence-electron chi connectivity index (χ2n) is 6.98. The molecule has 3 aromatic carbocycles. The molecule has 5 heteroatoms. The maximum atomic E-state index is 12.4. The fraction of sp³-hybridized carbons (Fsp3) is 0.208. The number of carbonyl (C=O) groups excluding carboxylic acids is 1. The molecule has 148 valence electrons. The largest absolute Gasteiger partial charge is 0.497 e. The van der Waals surface area contributed by atoms with Gasteiger partial charge < -0.3 is 19.9 Å². The Kier molecular flexibility index (Phi) is 5.49. The summed E-state index contributed by atoms with van der Waals surface area (Å²) in [7, 11) is 1.58. The quantitative estimate of drug-likeness (QED) is 0.661. The molecule has 1 aliphatic rings. The summed E-state index contributed by atoms with van der Waals surface area (Å²) in [5.41, 5.74) is 5.44. The van der Waals surface area contributed by atoms with E-state index in [0.29, 0.717) is 5.75 Å². The van der Waals surface area contributed by atoms with Gasteiger partial charge in [-0.25, -0.2) is 4.79 Å². The Balaban J connectivity index is 1.45. The van der Waals surface area contributed by atoms with Crippen molar-refractivity contribution in [2.24, 2.45) is 0 Å². The van der Waals surface area contributed by atoms with E-state index in [1.807, 2.05) is 42.5 Å². The van der Waals surface area contributed by atoms with E-state index in [1.165, 1.54) is 11.1 Å². The highest BCUT2D eigenvalue weighted by molar-refractivity contribution is 5.79. The number of rotatable bonds is 6. The van der Waals surface area contributed by atoms with Crippen molar-refractivity contribution in [3.05, 3.63) is 89.5 Å². The van der Waals surface area contributed by atoms with Gasteiger partial charge in [-0.2, -0.15) is 0 Å². The number of hydrogen-bond donors (Lipinski definition) is 2. The van der Waals surface area contributed by atoms with Gasteiger partial charge in [-0.3, -0.25) is 0 Å². The fourth-order valence-corrected chi connectivity index (χ4v) is 3.87. The van der Waals surface area contributed by atoms with E-state index in [9.17, 15) is 9.90 Å². The van der Waals surface area contributed by atoms with Gasteiger partial charge in [0, 0.05) is 5.92 Å². The molecule has 0 radical (unpaired) electrons. The Hall–Kier alpha value is -3.31. The van der Waals surface area contributed by atoms with Gasteiger partial charge in [0.05, 0.1) is 19.8 Å². The standard InChI is InChI=1S/C24H23NO4/c1-28-17-8-6-7-16(13-17)23(14-26)25-24(27)29-15-22-20-11-4-2-9-18(20)19-10-3-5-12-21(19)22/h2-13,22-23,26H,14-15H2,1H3,(H,25,27). The molecule has 1 aliphatic carbocycles. The van der Waals surface area contributed by atoms with Crippen molar-refractivity contribution in [2.45, 2.75) is 12.0 Å². The van der Waals surface area contributed by atoms with E-state index in [0.717, 1.165) is 16.7 Å². The topological polar surface area (TPSA) is 67.8 Å². The lowest BCUT2D eigenvalue weighted by Gasteiger charge is -2.19. The molecular formula is C24H23NO4. The summed E-state index contributed by atoms with van der Waals surface area (Å²) in [6.45, 7) is -0.00647. The number of ether oxygens (including phenoxy) is 2. The van der Waals surface area contributed by atoms with Gasteiger partial charge in [0.2, 0.25) is 0 Å². The molecule has 3 aromatic rings. The number of aliphatic hydroxyl groups is 1. The zero-order valence-corrected chi connectivity index (χ0v) is 16.2. The van der Waals surface area contributed by atoms with E-state index in [4.69, 9.17) is 9.47 Å². The summed E-state index contributed by atoms with van der Waals surface area (Å²) in [5.74, 6) is 0.660. The Labute approximate surface area is 169 Å². The van der Waals surface area contributed by atoms with Crippen molar-refractivity contribution in [3.63, 3.8) is 0 Å². The highest BCUT2D eigenvalue weighted by Gasteiger charge is 2.29. The van der Waals surface area contributed by atoms with Crippen molar-refractivity contribution < 1.29 is 19.4 Å². The molecule has 1 atom stereocenters. The van der Waals surface area contributed by atoms with Crippen LogP contribution in [0.2, 0.25) is 0 Å². The summed E-state index contributed by atoms with van der Waals surface area (Å²) >= 11 is 0. The first-order chi connectivity index (χ1) is 14.2. The van der Waals surface area contributed by atoms with E-state index in [1.54, 1.807) is 13.2 Å². The zero-order valence-electron chi connectivity index (χ0n) is 16.2. The molecule has 2 N–H and O–H groups in total. The molecule has 1 amide bonds. The van der Waals surface area contributed by atoms with Gasteiger partial charge in [-0.1, -0.05) is 60.7 Å². The minimum absolute atomic E-state index is 0.00227. The lowest BCUT2D eigenvalue weighted by Crippen LogP contribution is -2.32. The van der Waals surface area contributed by atoms with Crippen molar-refractivity contribution in [3.8, 4) is 16.9 Å². The number of alkyl carbamates (subject to hydrolysis) is 1. The first-order valence-electron chi connectivity index (χ1n) is 9.57. The van der Waals surface area contributed by atoms with Crippen molar-refractivity contribution >= 4 is 6.09 Å². The molecule has 1 unspecified atom stereocenters. The van der Waals surface area contributed by atoms with Gasteiger partial charge in [-0.15, -0.1) is 0 Å². The van der Waals surface area contributed by atoms with E-state index in [-0.39, 0.29) is 19.1 Å². The lowest BCUT2D eigenvalue weighted by atomic mass is 9.98. The monoisotopic (exact) mass is 389 g/mol. The summed E-state index contributed by atoms with van der Waals surface area (Å²) in [6.07, 6.45) is -0.561. The van der Waals surface area contributed by atoms with Gasteiger partial charge >= 0.3 is 6.09 Å². The van der Waals surface area contributed by atoms with Crippen LogP contribution in [-0.4, -0.2) is 31.5 Å².